The maximum absolute atomic E-state index is 14.3. The van der Waals surface area contributed by atoms with Gasteiger partial charge in [0.2, 0.25) is 17.7 Å². The zero-order chi connectivity index (χ0) is 39.9. The predicted octanol–water partition coefficient (Wildman–Crippen LogP) is 6.11. The molecule has 2 heterocycles. The first-order valence-electron chi connectivity index (χ1n) is 18.6. The monoisotopic (exact) mass is 771 g/mol. The van der Waals surface area contributed by atoms with E-state index >= 15 is 0 Å². The average molecular weight is 772 g/mol. The van der Waals surface area contributed by atoms with Crippen LogP contribution in [0.4, 0.5) is 18.9 Å². The molecule has 1 aliphatic heterocycles. The summed E-state index contributed by atoms with van der Waals surface area (Å²) in [5, 5.41) is 0. The van der Waals surface area contributed by atoms with Gasteiger partial charge in [-0.25, -0.2) is 0 Å². The Hall–Kier alpha value is -5.53. The third-order valence-corrected chi connectivity index (χ3v) is 9.52. The molecule has 10 nitrogen and oxygen atoms in total. The van der Waals surface area contributed by atoms with Crippen LogP contribution in [0.2, 0.25) is 0 Å². The molecule has 0 spiro atoms. The topological polar surface area (TPSA) is 95.5 Å². The zero-order valence-corrected chi connectivity index (χ0v) is 31.7. The van der Waals surface area contributed by atoms with Gasteiger partial charge < -0.3 is 29.1 Å². The third-order valence-electron chi connectivity index (χ3n) is 9.52. The molecule has 4 aromatic rings. The number of ether oxygens (including phenoxy) is 2. The molecular weight excluding hydrogens is 723 g/mol. The standard InChI is InChI=1S/C43H48F3N5O5/c1-33(52)49-21-23-50(24-22-49)38-17-13-36(14-18-38)31-51(41(53)20-16-35-15-19-40(47-30-35)43(44,45)46)39(29-34-9-5-3-6-10-34)42(54)48(2)25-26-55-27-28-56-32-37-11-7-4-8-12-37/h3-20,30,39H,21-29,31-32H2,1-2H3/b20-16+/t39-/m0/s1. The zero-order valence-electron chi connectivity index (χ0n) is 31.7. The molecule has 1 fully saturated rings. The Labute approximate surface area is 326 Å². The van der Waals surface area contributed by atoms with Crippen LogP contribution in [0.5, 0.6) is 0 Å². The van der Waals surface area contributed by atoms with E-state index in [4.69, 9.17) is 9.47 Å². The van der Waals surface area contributed by atoms with Crippen LogP contribution in [-0.4, -0.2) is 103 Å². The number of hydrogen-bond acceptors (Lipinski definition) is 7. The Kier molecular flexibility index (Phi) is 15.2. The lowest BCUT2D eigenvalue weighted by Crippen LogP contribution is -2.51. The van der Waals surface area contributed by atoms with E-state index in [1.807, 2.05) is 89.8 Å². The first-order valence-corrected chi connectivity index (χ1v) is 18.6. The SMILES string of the molecule is CC(=O)N1CCN(c2ccc(CN(C(=O)/C=C/c3ccc(C(F)(F)F)nc3)[C@@H](Cc3ccccc3)C(=O)N(C)CCOCCOCc3ccccc3)cc2)CC1. The summed E-state index contributed by atoms with van der Waals surface area (Å²) < 4.78 is 50.9. The molecule has 0 radical (unpaired) electrons. The van der Waals surface area contributed by atoms with Crippen LogP contribution in [0.1, 0.15) is 34.9 Å². The molecule has 0 aliphatic carbocycles. The van der Waals surface area contributed by atoms with Crippen molar-refractivity contribution in [3.63, 3.8) is 0 Å². The van der Waals surface area contributed by atoms with Crippen LogP contribution in [-0.2, 0) is 49.6 Å². The summed E-state index contributed by atoms with van der Waals surface area (Å²) in [6, 6.07) is 28.1. The van der Waals surface area contributed by atoms with Gasteiger partial charge >= 0.3 is 6.18 Å². The van der Waals surface area contributed by atoms with Crippen molar-refractivity contribution in [3.05, 3.63) is 137 Å². The molecule has 0 saturated carbocycles. The van der Waals surface area contributed by atoms with Crippen LogP contribution >= 0.6 is 0 Å². The largest absolute Gasteiger partial charge is 0.433 e. The Morgan fingerprint density at radius 2 is 1.45 bits per heavy atom. The maximum Gasteiger partial charge on any atom is 0.433 e. The number of rotatable bonds is 17. The van der Waals surface area contributed by atoms with E-state index in [1.165, 1.54) is 23.1 Å². The molecule has 0 bridgehead atoms. The number of pyridine rings is 1. The van der Waals surface area contributed by atoms with Crippen molar-refractivity contribution in [2.24, 2.45) is 0 Å². The molecule has 1 aromatic heterocycles. The number of anilines is 1. The minimum absolute atomic E-state index is 0.0512. The maximum atomic E-state index is 14.3. The Bertz CT molecular complexity index is 1870. The van der Waals surface area contributed by atoms with Gasteiger partial charge in [-0.1, -0.05) is 78.9 Å². The van der Waals surface area contributed by atoms with E-state index in [0.717, 1.165) is 34.6 Å². The smallest absolute Gasteiger partial charge is 0.377 e. The number of benzene rings is 3. The summed E-state index contributed by atoms with van der Waals surface area (Å²) >= 11 is 0. The fraction of sp³-hybridized carbons (Fsp3) is 0.349. The van der Waals surface area contributed by atoms with Crippen LogP contribution in [0.25, 0.3) is 6.08 Å². The molecule has 5 rings (SSSR count). The molecule has 1 saturated heterocycles. The van der Waals surface area contributed by atoms with Gasteiger partial charge in [0, 0.05) is 77.6 Å². The molecular formula is C43H48F3N5O5. The fourth-order valence-corrected chi connectivity index (χ4v) is 6.28. The molecule has 1 aliphatic rings. The average Bonchev–Trinajstić information content (AvgIpc) is 3.21. The Balaban J connectivity index is 1.32. The molecule has 1 atom stereocenters. The van der Waals surface area contributed by atoms with Crippen molar-refractivity contribution in [3.8, 4) is 0 Å². The lowest BCUT2D eigenvalue weighted by Gasteiger charge is -2.36. The van der Waals surface area contributed by atoms with E-state index in [-0.39, 0.29) is 37.9 Å². The first kappa shape index (κ1) is 41.6. The van der Waals surface area contributed by atoms with Gasteiger partial charge in [-0.15, -0.1) is 0 Å². The van der Waals surface area contributed by atoms with Gasteiger partial charge in [-0.05, 0) is 46.5 Å². The summed E-state index contributed by atoms with van der Waals surface area (Å²) in [5.74, 6) is -0.741. The van der Waals surface area contributed by atoms with Gasteiger partial charge in [0.15, 0.2) is 0 Å². The second-order valence-electron chi connectivity index (χ2n) is 13.5. The molecule has 296 valence electrons. The van der Waals surface area contributed by atoms with E-state index in [1.54, 1.807) is 18.9 Å². The molecule has 0 unspecified atom stereocenters. The fourth-order valence-electron chi connectivity index (χ4n) is 6.28. The highest BCUT2D eigenvalue weighted by atomic mass is 19.4. The number of amides is 3. The van der Waals surface area contributed by atoms with Crippen LogP contribution in [0.15, 0.2) is 109 Å². The lowest BCUT2D eigenvalue weighted by atomic mass is 10.0. The summed E-state index contributed by atoms with van der Waals surface area (Å²) in [7, 11) is 1.67. The number of alkyl halides is 3. The van der Waals surface area contributed by atoms with Crippen LogP contribution < -0.4 is 4.90 Å². The number of nitrogens with zero attached hydrogens (tertiary/aromatic N) is 5. The van der Waals surface area contributed by atoms with Crippen molar-refractivity contribution in [2.75, 3.05) is 64.5 Å². The Morgan fingerprint density at radius 1 is 0.804 bits per heavy atom. The molecule has 56 heavy (non-hydrogen) atoms. The number of likely N-dealkylation sites (N-methyl/N-ethyl adjacent to an activating group) is 1. The van der Waals surface area contributed by atoms with Crippen molar-refractivity contribution >= 4 is 29.5 Å². The van der Waals surface area contributed by atoms with Crippen LogP contribution in [0.3, 0.4) is 0 Å². The van der Waals surface area contributed by atoms with Gasteiger partial charge in [0.05, 0.1) is 26.4 Å². The highest BCUT2D eigenvalue weighted by molar-refractivity contribution is 5.95. The van der Waals surface area contributed by atoms with Gasteiger partial charge in [-0.2, -0.15) is 13.2 Å². The minimum atomic E-state index is -4.59. The number of hydrogen-bond donors (Lipinski definition) is 0. The van der Waals surface area contributed by atoms with Crippen molar-refractivity contribution in [1.29, 1.82) is 0 Å². The summed E-state index contributed by atoms with van der Waals surface area (Å²) in [5.41, 5.74) is 2.93. The number of halogens is 3. The van der Waals surface area contributed by atoms with E-state index in [0.29, 0.717) is 51.6 Å². The van der Waals surface area contributed by atoms with Gasteiger partial charge in [0.1, 0.15) is 11.7 Å². The molecule has 0 N–H and O–H groups in total. The highest BCUT2D eigenvalue weighted by Crippen LogP contribution is 2.27. The van der Waals surface area contributed by atoms with E-state index < -0.39 is 23.8 Å². The normalized spacial score (nSPS) is 13.8. The lowest BCUT2D eigenvalue weighted by molar-refractivity contribution is -0.143. The van der Waals surface area contributed by atoms with E-state index in [9.17, 15) is 27.6 Å². The summed E-state index contributed by atoms with van der Waals surface area (Å²) in [4.78, 5) is 50.9. The quantitative estimate of drug-likeness (QED) is 0.0945. The third kappa shape index (κ3) is 12.5. The first-order chi connectivity index (χ1) is 27.0. The second-order valence-corrected chi connectivity index (χ2v) is 13.5. The molecule has 3 amide bonds. The molecule has 3 aromatic carbocycles. The number of carbonyl (C=O) groups excluding carboxylic acids is 3. The second kappa shape index (κ2) is 20.4. The number of aromatic nitrogens is 1. The van der Waals surface area contributed by atoms with Crippen LogP contribution in [0, 0.1) is 0 Å². The summed E-state index contributed by atoms with van der Waals surface area (Å²) in [6.45, 7) is 6.02. The van der Waals surface area contributed by atoms with Gasteiger partial charge in [0.25, 0.3) is 0 Å². The van der Waals surface area contributed by atoms with Crippen molar-refractivity contribution in [1.82, 2.24) is 19.7 Å². The predicted molar refractivity (Wildman–Crippen MR) is 208 cm³/mol. The number of carbonyl (C=O) groups is 3. The van der Waals surface area contributed by atoms with Gasteiger partial charge in [-0.3, -0.25) is 19.4 Å². The Morgan fingerprint density at radius 3 is 2.05 bits per heavy atom. The summed E-state index contributed by atoms with van der Waals surface area (Å²) in [6.07, 6.45) is -0.659. The van der Waals surface area contributed by atoms with E-state index in [2.05, 4.69) is 9.88 Å². The molecule has 13 heteroatoms. The number of piperazine rings is 1. The van der Waals surface area contributed by atoms with Crippen molar-refractivity contribution < 1.29 is 37.0 Å². The van der Waals surface area contributed by atoms with Crippen molar-refractivity contribution in [2.45, 2.75) is 38.7 Å². The highest BCUT2D eigenvalue weighted by Gasteiger charge is 2.33. The minimum Gasteiger partial charge on any atom is -0.377 e.